The van der Waals surface area contributed by atoms with Crippen molar-refractivity contribution in [3.8, 4) is 0 Å². The quantitative estimate of drug-likeness (QED) is 0.787. The molecule has 0 radical (unpaired) electrons. The van der Waals surface area contributed by atoms with Gasteiger partial charge < -0.3 is 4.42 Å². The fourth-order valence-electron chi connectivity index (χ4n) is 2.95. The first-order valence-corrected chi connectivity index (χ1v) is 9.94. The Bertz CT molecular complexity index is 951. The second-order valence-corrected chi connectivity index (χ2v) is 8.78. The highest BCUT2D eigenvalue weighted by atomic mass is 35.5. The van der Waals surface area contributed by atoms with Crippen LogP contribution in [-0.2, 0) is 14.6 Å². The number of sulfone groups is 1. The number of para-hydroxylation sites is 1. The van der Waals surface area contributed by atoms with Crippen molar-refractivity contribution in [2.24, 2.45) is 5.92 Å². The minimum absolute atomic E-state index is 0.00947. The van der Waals surface area contributed by atoms with E-state index in [1.807, 2.05) is 0 Å². The van der Waals surface area contributed by atoms with E-state index in [9.17, 15) is 18.0 Å². The number of fused-ring (bicyclic) bond motifs is 1. The molecule has 1 aliphatic heterocycles. The lowest BCUT2D eigenvalue weighted by Crippen LogP contribution is -2.42. The summed E-state index contributed by atoms with van der Waals surface area (Å²) in [5.41, 5.74) is 5.61. The van der Waals surface area contributed by atoms with Crippen LogP contribution in [0.25, 0.3) is 11.0 Å². The summed E-state index contributed by atoms with van der Waals surface area (Å²) in [5, 5.41) is 1.12. The van der Waals surface area contributed by atoms with Crippen molar-refractivity contribution in [1.29, 1.82) is 0 Å². The number of hydrazine groups is 1. The molecule has 2 aromatic rings. The van der Waals surface area contributed by atoms with Crippen LogP contribution < -0.4 is 10.9 Å². The Labute approximate surface area is 149 Å². The number of benzene rings is 1. The van der Waals surface area contributed by atoms with Crippen molar-refractivity contribution in [2.45, 2.75) is 19.8 Å². The van der Waals surface area contributed by atoms with Gasteiger partial charge in [-0.05, 0) is 25.3 Å². The average molecular weight is 385 g/mol. The van der Waals surface area contributed by atoms with Crippen LogP contribution in [0.2, 0.25) is 5.02 Å². The zero-order valence-electron chi connectivity index (χ0n) is 13.5. The topological polar surface area (TPSA) is 105 Å². The van der Waals surface area contributed by atoms with Gasteiger partial charge in [0, 0.05) is 17.4 Å². The van der Waals surface area contributed by atoms with E-state index in [1.54, 1.807) is 25.1 Å². The second-order valence-electron chi connectivity index (χ2n) is 6.15. The van der Waals surface area contributed by atoms with Gasteiger partial charge in [0.1, 0.15) is 0 Å². The fraction of sp³-hybridized carbons (Fsp3) is 0.375. The van der Waals surface area contributed by atoms with E-state index in [2.05, 4.69) is 10.9 Å². The van der Waals surface area contributed by atoms with Crippen molar-refractivity contribution in [1.82, 2.24) is 10.9 Å². The Morgan fingerprint density at radius 2 is 2.08 bits per heavy atom. The number of carbonyl (C=O) groups is 2. The van der Waals surface area contributed by atoms with Crippen LogP contribution in [0.4, 0.5) is 0 Å². The lowest BCUT2D eigenvalue weighted by Gasteiger charge is -2.09. The first-order chi connectivity index (χ1) is 11.8. The van der Waals surface area contributed by atoms with Gasteiger partial charge in [0.25, 0.3) is 0 Å². The third-order valence-corrected chi connectivity index (χ3v) is 6.37. The Hall–Kier alpha value is -2.06. The monoisotopic (exact) mass is 384 g/mol. The molecule has 1 saturated heterocycles. The molecule has 1 aliphatic rings. The molecule has 1 aromatic heterocycles. The molecular formula is C16H17ClN2O5S. The standard InChI is InChI=1S/C16H17ClN2O5S/c1-9-11-3-2-4-12(17)15(11)24-14(9)16(21)19-18-13(20)7-10-5-6-25(22,23)8-10/h2-4,10H,5-8H2,1H3,(H,18,20)(H,19,21). The molecule has 0 spiro atoms. The van der Waals surface area contributed by atoms with Gasteiger partial charge in [-0.25, -0.2) is 8.42 Å². The Balaban J connectivity index is 1.62. The lowest BCUT2D eigenvalue weighted by atomic mass is 10.1. The molecule has 7 nitrogen and oxygen atoms in total. The maximum atomic E-state index is 12.2. The summed E-state index contributed by atoms with van der Waals surface area (Å²) in [7, 11) is -3.03. The number of aryl methyl sites for hydroxylation is 1. The van der Waals surface area contributed by atoms with Crippen LogP contribution in [0.15, 0.2) is 22.6 Å². The molecule has 25 heavy (non-hydrogen) atoms. The molecule has 2 N–H and O–H groups in total. The average Bonchev–Trinajstić information content (AvgIpc) is 3.06. The maximum absolute atomic E-state index is 12.2. The van der Waals surface area contributed by atoms with Crippen LogP contribution in [0, 0.1) is 12.8 Å². The van der Waals surface area contributed by atoms with Crippen molar-refractivity contribution in [2.75, 3.05) is 11.5 Å². The number of furan rings is 1. The minimum Gasteiger partial charge on any atom is -0.449 e. The number of hydrogen-bond acceptors (Lipinski definition) is 5. The molecule has 3 rings (SSSR count). The zero-order valence-corrected chi connectivity index (χ0v) is 15.0. The summed E-state index contributed by atoms with van der Waals surface area (Å²) in [6, 6.07) is 5.20. The summed E-state index contributed by atoms with van der Waals surface area (Å²) in [6.45, 7) is 1.72. The van der Waals surface area contributed by atoms with Crippen molar-refractivity contribution in [3.63, 3.8) is 0 Å². The van der Waals surface area contributed by atoms with E-state index in [0.717, 1.165) is 5.39 Å². The molecule has 0 saturated carbocycles. The molecule has 0 aliphatic carbocycles. The van der Waals surface area contributed by atoms with Gasteiger partial charge in [-0.1, -0.05) is 23.7 Å². The predicted molar refractivity (Wildman–Crippen MR) is 92.9 cm³/mol. The van der Waals surface area contributed by atoms with E-state index in [1.165, 1.54) is 0 Å². The summed E-state index contributed by atoms with van der Waals surface area (Å²) in [5.74, 6) is -1.08. The number of hydrogen-bond donors (Lipinski definition) is 2. The van der Waals surface area contributed by atoms with Crippen LogP contribution in [0.1, 0.15) is 29.0 Å². The molecular weight excluding hydrogens is 368 g/mol. The Morgan fingerprint density at radius 1 is 1.32 bits per heavy atom. The van der Waals surface area contributed by atoms with Gasteiger partial charge in [0.05, 0.1) is 16.5 Å². The highest BCUT2D eigenvalue weighted by Crippen LogP contribution is 2.30. The SMILES string of the molecule is Cc1c(C(=O)NNC(=O)CC2CCS(=O)(=O)C2)oc2c(Cl)cccc12. The van der Waals surface area contributed by atoms with E-state index in [-0.39, 0.29) is 29.6 Å². The van der Waals surface area contributed by atoms with Gasteiger partial charge in [0.15, 0.2) is 21.2 Å². The number of carbonyl (C=O) groups excluding carboxylic acids is 2. The molecule has 1 aromatic carbocycles. The maximum Gasteiger partial charge on any atom is 0.305 e. The van der Waals surface area contributed by atoms with Crippen molar-refractivity contribution in [3.05, 3.63) is 34.5 Å². The summed E-state index contributed by atoms with van der Waals surface area (Å²) in [6.07, 6.45) is 0.509. The van der Waals surface area contributed by atoms with Gasteiger partial charge in [-0.15, -0.1) is 0 Å². The Kier molecular flexibility index (Phi) is 4.75. The first-order valence-electron chi connectivity index (χ1n) is 7.74. The van der Waals surface area contributed by atoms with Gasteiger partial charge in [-0.2, -0.15) is 0 Å². The molecule has 0 bridgehead atoms. The zero-order chi connectivity index (χ0) is 18.2. The molecule has 2 heterocycles. The fourth-order valence-corrected chi connectivity index (χ4v) is 5.03. The Morgan fingerprint density at radius 3 is 2.72 bits per heavy atom. The van der Waals surface area contributed by atoms with E-state index >= 15 is 0 Å². The van der Waals surface area contributed by atoms with Crippen LogP contribution in [-0.4, -0.2) is 31.7 Å². The molecule has 134 valence electrons. The summed E-state index contributed by atoms with van der Waals surface area (Å²) in [4.78, 5) is 24.1. The first kappa shape index (κ1) is 17.8. The summed E-state index contributed by atoms with van der Waals surface area (Å²) >= 11 is 6.05. The number of rotatable bonds is 3. The van der Waals surface area contributed by atoms with Gasteiger partial charge in [-0.3, -0.25) is 20.4 Å². The normalized spacial score (nSPS) is 19.0. The predicted octanol–water partition coefficient (Wildman–Crippen LogP) is 1.98. The summed E-state index contributed by atoms with van der Waals surface area (Å²) < 4.78 is 28.3. The minimum atomic E-state index is -3.03. The van der Waals surface area contributed by atoms with Crippen LogP contribution >= 0.6 is 11.6 Å². The number of halogens is 1. The van der Waals surface area contributed by atoms with Crippen LogP contribution in [0.3, 0.4) is 0 Å². The van der Waals surface area contributed by atoms with Crippen molar-refractivity contribution < 1.29 is 22.4 Å². The highest BCUT2D eigenvalue weighted by Gasteiger charge is 2.29. The molecule has 1 unspecified atom stereocenters. The smallest absolute Gasteiger partial charge is 0.305 e. The molecule has 1 atom stereocenters. The van der Waals surface area contributed by atoms with Crippen LogP contribution in [0.5, 0.6) is 0 Å². The van der Waals surface area contributed by atoms with E-state index in [4.69, 9.17) is 16.0 Å². The third kappa shape index (κ3) is 3.80. The van der Waals surface area contributed by atoms with Gasteiger partial charge in [0.2, 0.25) is 5.91 Å². The number of nitrogens with one attached hydrogen (secondary N) is 2. The molecule has 9 heteroatoms. The lowest BCUT2D eigenvalue weighted by molar-refractivity contribution is -0.122. The largest absolute Gasteiger partial charge is 0.449 e. The number of amides is 2. The van der Waals surface area contributed by atoms with Gasteiger partial charge >= 0.3 is 5.91 Å². The highest BCUT2D eigenvalue weighted by molar-refractivity contribution is 7.91. The molecule has 1 fully saturated rings. The van der Waals surface area contributed by atoms with E-state index in [0.29, 0.717) is 22.6 Å². The third-order valence-electron chi connectivity index (χ3n) is 4.24. The van der Waals surface area contributed by atoms with E-state index < -0.39 is 21.7 Å². The molecule has 2 amide bonds. The van der Waals surface area contributed by atoms with Crippen molar-refractivity contribution >= 4 is 44.2 Å². The second kappa shape index (κ2) is 6.68.